The van der Waals surface area contributed by atoms with Crippen LogP contribution in [0.4, 0.5) is 0 Å². The number of nitrogens with zero attached hydrogens (tertiary/aromatic N) is 1. The standard InChI is InChI=1S/C14H10.C7H7N/c1-2-6-12-10-14-8-4-3-7-13(14)9-11(12)5-1;1-2-7-5-3-4-6-8-7/h1-10H;2-6H,1H2. The van der Waals surface area contributed by atoms with E-state index in [1.54, 1.807) is 12.3 Å². The highest BCUT2D eigenvalue weighted by Crippen LogP contribution is 2.21. The molecule has 1 nitrogen and oxygen atoms in total. The molecule has 0 bridgehead atoms. The van der Waals surface area contributed by atoms with Crippen molar-refractivity contribution in [1.29, 1.82) is 0 Å². The lowest BCUT2D eigenvalue weighted by Gasteiger charge is -2.00. The zero-order chi connectivity index (χ0) is 15.2. The van der Waals surface area contributed by atoms with Crippen molar-refractivity contribution in [3.63, 3.8) is 0 Å². The van der Waals surface area contributed by atoms with E-state index in [-0.39, 0.29) is 0 Å². The van der Waals surface area contributed by atoms with E-state index in [4.69, 9.17) is 0 Å². The number of aromatic nitrogens is 1. The molecule has 3 aromatic carbocycles. The zero-order valence-corrected chi connectivity index (χ0v) is 12.3. The number of hydrogen-bond donors (Lipinski definition) is 0. The molecule has 106 valence electrons. The molecule has 0 unspecified atom stereocenters. The van der Waals surface area contributed by atoms with E-state index in [0.29, 0.717) is 0 Å². The second-order valence-electron chi connectivity index (χ2n) is 5.01. The molecule has 1 heteroatoms. The highest BCUT2D eigenvalue weighted by molar-refractivity contribution is 5.98. The van der Waals surface area contributed by atoms with Crippen molar-refractivity contribution in [2.45, 2.75) is 0 Å². The molecule has 0 radical (unpaired) electrons. The summed E-state index contributed by atoms with van der Waals surface area (Å²) in [7, 11) is 0. The van der Waals surface area contributed by atoms with Gasteiger partial charge in [0.2, 0.25) is 0 Å². The lowest BCUT2D eigenvalue weighted by Crippen LogP contribution is -1.74. The summed E-state index contributed by atoms with van der Waals surface area (Å²) in [5.74, 6) is 0. The van der Waals surface area contributed by atoms with Crippen LogP contribution in [0.5, 0.6) is 0 Å². The lowest BCUT2D eigenvalue weighted by atomic mass is 10.0. The molecular weight excluding hydrogens is 266 g/mol. The van der Waals surface area contributed by atoms with Crippen LogP contribution in [0.25, 0.3) is 27.6 Å². The van der Waals surface area contributed by atoms with Crippen molar-refractivity contribution in [2.24, 2.45) is 0 Å². The van der Waals surface area contributed by atoms with Gasteiger partial charge in [0, 0.05) is 6.20 Å². The predicted molar refractivity (Wildman–Crippen MR) is 95.8 cm³/mol. The van der Waals surface area contributed by atoms with Gasteiger partial charge in [-0.15, -0.1) is 0 Å². The summed E-state index contributed by atoms with van der Waals surface area (Å²) >= 11 is 0. The summed E-state index contributed by atoms with van der Waals surface area (Å²) < 4.78 is 0. The minimum absolute atomic E-state index is 0.924. The van der Waals surface area contributed by atoms with E-state index < -0.39 is 0 Å². The highest BCUT2D eigenvalue weighted by atomic mass is 14.6. The van der Waals surface area contributed by atoms with Crippen LogP contribution in [0, 0.1) is 0 Å². The predicted octanol–water partition coefficient (Wildman–Crippen LogP) is 5.72. The lowest BCUT2D eigenvalue weighted by molar-refractivity contribution is 1.30. The van der Waals surface area contributed by atoms with Crippen LogP contribution in [0.2, 0.25) is 0 Å². The number of hydrogen-bond acceptors (Lipinski definition) is 1. The van der Waals surface area contributed by atoms with Crippen LogP contribution in [0.15, 0.2) is 91.6 Å². The van der Waals surface area contributed by atoms with Crippen molar-refractivity contribution in [1.82, 2.24) is 4.98 Å². The fourth-order valence-corrected chi connectivity index (χ4v) is 2.38. The summed E-state index contributed by atoms with van der Waals surface area (Å²) in [6, 6.07) is 27.1. The second kappa shape index (κ2) is 6.68. The first-order chi connectivity index (χ1) is 10.9. The maximum Gasteiger partial charge on any atom is 0.0623 e. The van der Waals surface area contributed by atoms with Crippen molar-refractivity contribution in [2.75, 3.05) is 0 Å². The molecule has 0 N–H and O–H groups in total. The maximum atomic E-state index is 3.98. The van der Waals surface area contributed by atoms with Gasteiger partial charge in [0.15, 0.2) is 0 Å². The highest BCUT2D eigenvalue weighted by Gasteiger charge is 1.95. The molecule has 0 atom stereocenters. The quantitative estimate of drug-likeness (QED) is 0.407. The van der Waals surface area contributed by atoms with E-state index in [9.17, 15) is 0 Å². The van der Waals surface area contributed by atoms with E-state index in [0.717, 1.165) is 5.69 Å². The van der Waals surface area contributed by atoms with Crippen LogP contribution in [0.3, 0.4) is 0 Å². The minimum Gasteiger partial charge on any atom is -0.257 e. The van der Waals surface area contributed by atoms with Gasteiger partial charge in [0.05, 0.1) is 5.69 Å². The molecule has 0 aliphatic heterocycles. The van der Waals surface area contributed by atoms with E-state index in [2.05, 4.69) is 72.2 Å². The third kappa shape index (κ3) is 3.21. The van der Waals surface area contributed by atoms with Gasteiger partial charge >= 0.3 is 0 Å². The molecule has 0 amide bonds. The molecule has 0 fully saturated rings. The van der Waals surface area contributed by atoms with Crippen molar-refractivity contribution in [3.8, 4) is 0 Å². The van der Waals surface area contributed by atoms with Gasteiger partial charge in [-0.1, -0.05) is 61.2 Å². The van der Waals surface area contributed by atoms with Crippen LogP contribution in [-0.4, -0.2) is 4.98 Å². The smallest absolute Gasteiger partial charge is 0.0623 e. The summed E-state index contributed by atoms with van der Waals surface area (Å²) in [6.07, 6.45) is 3.47. The average molecular weight is 283 g/mol. The van der Waals surface area contributed by atoms with Crippen LogP contribution in [-0.2, 0) is 0 Å². The first-order valence-corrected chi connectivity index (χ1v) is 7.28. The second-order valence-corrected chi connectivity index (χ2v) is 5.01. The Labute approximate surface area is 130 Å². The Morgan fingerprint density at radius 2 is 1.09 bits per heavy atom. The number of pyridine rings is 1. The molecular formula is C21H17N. The third-order valence-corrected chi connectivity index (χ3v) is 3.51. The third-order valence-electron chi connectivity index (χ3n) is 3.51. The van der Waals surface area contributed by atoms with E-state index in [1.165, 1.54) is 21.5 Å². The van der Waals surface area contributed by atoms with Crippen LogP contribution in [0.1, 0.15) is 5.69 Å². The van der Waals surface area contributed by atoms with Gasteiger partial charge < -0.3 is 0 Å². The molecule has 1 heterocycles. The van der Waals surface area contributed by atoms with Crippen molar-refractivity contribution in [3.05, 3.63) is 97.3 Å². The molecule has 0 aliphatic rings. The Bertz CT molecular complexity index is 790. The summed E-state index contributed by atoms with van der Waals surface area (Å²) in [4.78, 5) is 3.98. The average Bonchev–Trinajstić information content (AvgIpc) is 2.61. The Morgan fingerprint density at radius 3 is 1.41 bits per heavy atom. The van der Waals surface area contributed by atoms with Gasteiger partial charge in [0.1, 0.15) is 0 Å². The topological polar surface area (TPSA) is 12.9 Å². The van der Waals surface area contributed by atoms with Gasteiger partial charge in [-0.25, -0.2) is 0 Å². The molecule has 22 heavy (non-hydrogen) atoms. The molecule has 0 spiro atoms. The Hall–Kier alpha value is -2.93. The minimum atomic E-state index is 0.924. The Kier molecular flexibility index (Phi) is 4.26. The normalized spacial score (nSPS) is 10.0. The number of rotatable bonds is 1. The van der Waals surface area contributed by atoms with Crippen molar-refractivity contribution >= 4 is 27.6 Å². The Balaban J connectivity index is 0.000000154. The number of benzene rings is 3. The first kappa shape index (κ1) is 14.0. The van der Waals surface area contributed by atoms with Gasteiger partial charge in [-0.2, -0.15) is 0 Å². The SMILES string of the molecule is C=Cc1ccccn1.c1ccc2cc3ccccc3cc2c1. The van der Waals surface area contributed by atoms with E-state index >= 15 is 0 Å². The maximum absolute atomic E-state index is 3.98. The first-order valence-electron chi connectivity index (χ1n) is 7.28. The molecule has 4 rings (SSSR count). The number of fused-ring (bicyclic) bond motifs is 2. The van der Waals surface area contributed by atoms with Crippen LogP contribution >= 0.6 is 0 Å². The summed E-state index contributed by atoms with van der Waals surface area (Å²) in [6.45, 7) is 3.57. The zero-order valence-electron chi connectivity index (χ0n) is 12.3. The molecule has 0 aliphatic carbocycles. The monoisotopic (exact) mass is 283 g/mol. The van der Waals surface area contributed by atoms with Crippen molar-refractivity contribution < 1.29 is 0 Å². The van der Waals surface area contributed by atoms with Gasteiger partial charge in [-0.3, -0.25) is 4.98 Å². The Morgan fingerprint density at radius 1 is 0.636 bits per heavy atom. The molecule has 0 saturated heterocycles. The fourth-order valence-electron chi connectivity index (χ4n) is 2.38. The van der Waals surface area contributed by atoms with Gasteiger partial charge in [-0.05, 0) is 51.9 Å². The van der Waals surface area contributed by atoms with Crippen LogP contribution < -0.4 is 0 Å². The fraction of sp³-hybridized carbons (Fsp3) is 0. The summed E-state index contributed by atoms with van der Waals surface area (Å²) in [5.41, 5.74) is 0.924. The van der Waals surface area contributed by atoms with Gasteiger partial charge in [0.25, 0.3) is 0 Å². The molecule has 4 aromatic rings. The largest absolute Gasteiger partial charge is 0.257 e. The van der Waals surface area contributed by atoms with E-state index in [1.807, 2.05) is 18.2 Å². The molecule has 0 saturated carbocycles. The summed E-state index contributed by atoms with van der Waals surface area (Å²) in [5, 5.41) is 5.25. The molecule has 1 aromatic heterocycles.